The van der Waals surface area contributed by atoms with Crippen LogP contribution in [0.15, 0.2) is 0 Å². The fourth-order valence-corrected chi connectivity index (χ4v) is 2.19. The van der Waals surface area contributed by atoms with E-state index in [9.17, 15) is 9.59 Å². The van der Waals surface area contributed by atoms with E-state index in [0.29, 0.717) is 31.0 Å². The number of hydrogen-bond acceptors (Lipinski definition) is 5. The highest BCUT2D eigenvalue weighted by atomic mass is 16.5. The number of rotatable bonds is 3. The lowest BCUT2D eigenvalue weighted by Crippen LogP contribution is -2.34. The predicted molar refractivity (Wildman–Crippen MR) is 66.5 cm³/mol. The van der Waals surface area contributed by atoms with Crippen LogP contribution in [0.25, 0.3) is 0 Å². The molecule has 7 nitrogen and oxygen atoms in total. The Kier molecular flexibility index (Phi) is 3.82. The Hall–Kier alpha value is -1.92. The van der Waals surface area contributed by atoms with Gasteiger partial charge in [0, 0.05) is 19.0 Å². The van der Waals surface area contributed by atoms with Crippen LogP contribution in [0.5, 0.6) is 0 Å². The number of carbonyl (C=O) groups is 2. The Morgan fingerprint density at radius 2 is 2.16 bits per heavy atom. The summed E-state index contributed by atoms with van der Waals surface area (Å²) < 4.78 is 6.51. The van der Waals surface area contributed by atoms with Crippen molar-refractivity contribution in [2.75, 3.05) is 7.11 Å². The molecule has 1 amide bonds. The summed E-state index contributed by atoms with van der Waals surface area (Å²) in [5.74, 6) is 0.318. The molecule has 1 aliphatic rings. The van der Waals surface area contributed by atoms with Gasteiger partial charge in [0.15, 0.2) is 0 Å². The number of fused-ring (bicyclic) bond motifs is 1. The second kappa shape index (κ2) is 5.38. The minimum Gasteiger partial charge on any atom is -0.469 e. The summed E-state index contributed by atoms with van der Waals surface area (Å²) >= 11 is 0. The van der Waals surface area contributed by atoms with E-state index in [-0.39, 0.29) is 23.8 Å². The first-order valence-electron chi connectivity index (χ1n) is 6.33. The fourth-order valence-electron chi connectivity index (χ4n) is 2.19. The van der Waals surface area contributed by atoms with Crippen molar-refractivity contribution in [1.29, 1.82) is 0 Å². The van der Waals surface area contributed by atoms with Gasteiger partial charge in [-0.25, -0.2) is 0 Å². The van der Waals surface area contributed by atoms with Gasteiger partial charge in [-0.1, -0.05) is 0 Å². The molecule has 0 bridgehead atoms. The van der Waals surface area contributed by atoms with Crippen molar-refractivity contribution in [3.63, 3.8) is 0 Å². The second-order valence-corrected chi connectivity index (χ2v) is 4.93. The standard InChI is InChI=1S/C12H18N4O3/c1-7(2)13-11(17)10-15-14-9-6-8(12(18)19-3)4-5-16(9)10/h7-8H,4-6H2,1-3H3,(H,13,17). The number of ether oxygens (including phenoxy) is 1. The van der Waals surface area contributed by atoms with E-state index in [2.05, 4.69) is 15.5 Å². The van der Waals surface area contributed by atoms with Crippen LogP contribution in [0.1, 0.15) is 36.7 Å². The Labute approximate surface area is 111 Å². The van der Waals surface area contributed by atoms with Crippen LogP contribution in [0.2, 0.25) is 0 Å². The van der Waals surface area contributed by atoms with Gasteiger partial charge in [-0.2, -0.15) is 0 Å². The molecule has 0 radical (unpaired) electrons. The molecule has 0 spiro atoms. The lowest BCUT2D eigenvalue weighted by Gasteiger charge is -2.21. The fraction of sp³-hybridized carbons (Fsp3) is 0.667. The molecule has 1 unspecified atom stereocenters. The first-order chi connectivity index (χ1) is 9.02. The van der Waals surface area contributed by atoms with Crippen LogP contribution < -0.4 is 5.32 Å². The number of nitrogens with one attached hydrogen (secondary N) is 1. The van der Waals surface area contributed by atoms with Crippen molar-refractivity contribution >= 4 is 11.9 Å². The average molecular weight is 266 g/mol. The van der Waals surface area contributed by atoms with E-state index >= 15 is 0 Å². The van der Waals surface area contributed by atoms with Crippen LogP contribution in [-0.4, -0.2) is 39.8 Å². The molecule has 104 valence electrons. The highest BCUT2D eigenvalue weighted by molar-refractivity contribution is 5.90. The molecule has 0 fully saturated rings. The molecule has 1 atom stereocenters. The maximum atomic E-state index is 11.9. The molecule has 2 rings (SSSR count). The highest BCUT2D eigenvalue weighted by Crippen LogP contribution is 2.21. The van der Waals surface area contributed by atoms with E-state index in [1.165, 1.54) is 7.11 Å². The average Bonchev–Trinajstić information content (AvgIpc) is 2.79. The molecule has 1 aliphatic heterocycles. The smallest absolute Gasteiger partial charge is 0.309 e. The third-order valence-electron chi connectivity index (χ3n) is 3.11. The SMILES string of the molecule is COC(=O)C1CCn2c(nnc2C(=O)NC(C)C)C1. The van der Waals surface area contributed by atoms with Crippen molar-refractivity contribution in [1.82, 2.24) is 20.1 Å². The number of hydrogen-bond donors (Lipinski definition) is 1. The number of nitrogens with zero attached hydrogens (tertiary/aromatic N) is 3. The molecule has 0 saturated heterocycles. The molecule has 1 aromatic rings. The van der Waals surface area contributed by atoms with Gasteiger partial charge < -0.3 is 14.6 Å². The Morgan fingerprint density at radius 3 is 2.79 bits per heavy atom. The van der Waals surface area contributed by atoms with Crippen LogP contribution in [-0.2, 0) is 22.5 Å². The van der Waals surface area contributed by atoms with Crippen molar-refractivity contribution < 1.29 is 14.3 Å². The van der Waals surface area contributed by atoms with Crippen LogP contribution >= 0.6 is 0 Å². The molecule has 1 aromatic heterocycles. The van der Waals surface area contributed by atoms with Gasteiger partial charge >= 0.3 is 5.97 Å². The molecule has 0 saturated carbocycles. The van der Waals surface area contributed by atoms with E-state index in [1.54, 1.807) is 4.57 Å². The first-order valence-corrected chi connectivity index (χ1v) is 6.33. The van der Waals surface area contributed by atoms with Crippen molar-refractivity contribution in [2.24, 2.45) is 5.92 Å². The number of amides is 1. The van der Waals surface area contributed by atoms with E-state index < -0.39 is 0 Å². The molecule has 7 heteroatoms. The largest absolute Gasteiger partial charge is 0.469 e. The van der Waals surface area contributed by atoms with Gasteiger partial charge in [0.1, 0.15) is 5.82 Å². The van der Waals surface area contributed by atoms with Gasteiger partial charge in [-0.05, 0) is 20.3 Å². The van der Waals surface area contributed by atoms with Gasteiger partial charge in [0.25, 0.3) is 5.91 Å². The summed E-state index contributed by atoms with van der Waals surface area (Å²) in [6.45, 7) is 4.33. The van der Waals surface area contributed by atoms with Gasteiger partial charge in [-0.15, -0.1) is 10.2 Å². The number of carbonyl (C=O) groups excluding carboxylic acids is 2. The summed E-state index contributed by atoms with van der Waals surface area (Å²) in [5.41, 5.74) is 0. The third-order valence-corrected chi connectivity index (χ3v) is 3.11. The predicted octanol–water partition coefficient (Wildman–Crippen LogP) is 0.152. The summed E-state index contributed by atoms with van der Waals surface area (Å²) in [6, 6.07) is 0.0480. The number of methoxy groups -OCH3 is 1. The molecular weight excluding hydrogens is 248 g/mol. The van der Waals surface area contributed by atoms with Gasteiger partial charge in [0.2, 0.25) is 5.82 Å². The van der Waals surface area contributed by atoms with Crippen molar-refractivity contribution in [3.05, 3.63) is 11.6 Å². The molecule has 0 aromatic carbocycles. The summed E-state index contributed by atoms with van der Waals surface area (Å²) in [7, 11) is 1.38. The zero-order valence-electron chi connectivity index (χ0n) is 11.3. The summed E-state index contributed by atoms with van der Waals surface area (Å²) in [5, 5.41) is 10.7. The van der Waals surface area contributed by atoms with Crippen LogP contribution in [0.4, 0.5) is 0 Å². The molecule has 19 heavy (non-hydrogen) atoms. The lowest BCUT2D eigenvalue weighted by atomic mass is 9.98. The molecule has 0 aliphatic carbocycles. The Bertz CT molecular complexity index is 495. The lowest BCUT2D eigenvalue weighted by molar-refractivity contribution is -0.146. The highest BCUT2D eigenvalue weighted by Gasteiger charge is 2.30. The van der Waals surface area contributed by atoms with Crippen molar-refractivity contribution in [2.45, 2.75) is 39.3 Å². The first kappa shape index (κ1) is 13.5. The maximum Gasteiger partial charge on any atom is 0.309 e. The molecular formula is C12H18N4O3. The molecule has 1 N–H and O–H groups in total. The van der Waals surface area contributed by atoms with E-state index in [1.807, 2.05) is 13.8 Å². The van der Waals surface area contributed by atoms with Crippen LogP contribution in [0.3, 0.4) is 0 Å². The topological polar surface area (TPSA) is 86.1 Å². The monoisotopic (exact) mass is 266 g/mol. The number of aromatic nitrogens is 3. The quantitative estimate of drug-likeness (QED) is 0.787. The number of esters is 1. The second-order valence-electron chi connectivity index (χ2n) is 4.93. The van der Waals surface area contributed by atoms with Crippen LogP contribution in [0, 0.1) is 5.92 Å². The summed E-state index contributed by atoms with van der Waals surface area (Å²) in [6.07, 6.45) is 1.11. The molecule has 2 heterocycles. The normalized spacial score (nSPS) is 18.0. The Balaban J connectivity index is 2.15. The van der Waals surface area contributed by atoms with E-state index in [4.69, 9.17) is 4.74 Å². The zero-order chi connectivity index (χ0) is 14.0. The van der Waals surface area contributed by atoms with Gasteiger partial charge in [-0.3, -0.25) is 9.59 Å². The summed E-state index contributed by atoms with van der Waals surface area (Å²) in [4.78, 5) is 23.4. The minimum atomic E-state index is -0.234. The van der Waals surface area contributed by atoms with Gasteiger partial charge in [0.05, 0.1) is 13.0 Å². The zero-order valence-corrected chi connectivity index (χ0v) is 11.3. The minimum absolute atomic E-state index is 0.0480. The Morgan fingerprint density at radius 1 is 1.42 bits per heavy atom. The van der Waals surface area contributed by atoms with E-state index in [0.717, 1.165) is 0 Å². The third kappa shape index (κ3) is 2.74. The van der Waals surface area contributed by atoms with Crippen molar-refractivity contribution in [3.8, 4) is 0 Å². The maximum absolute atomic E-state index is 11.9.